The van der Waals surface area contributed by atoms with Crippen LogP contribution in [0.1, 0.15) is 46.5 Å². The van der Waals surface area contributed by atoms with Crippen molar-refractivity contribution >= 4 is 0 Å². The van der Waals surface area contributed by atoms with Crippen LogP contribution in [0.5, 0.6) is 0 Å². The largest absolute Gasteiger partial charge is 0.392 e. The van der Waals surface area contributed by atoms with Gasteiger partial charge in [0.1, 0.15) is 0 Å². The Morgan fingerprint density at radius 2 is 1.94 bits per heavy atom. The summed E-state index contributed by atoms with van der Waals surface area (Å²) in [5.74, 6) is 0.388. The average Bonchev–Trinajstić information content (AvgIpc) is 2.44. The summed E-state index contributed by atoms with van der Waals surface area (Å²) >= 11 is 0. The molecule has 2 aliphatic rings. The minimum atomic E-state index is -0.530. The van der Waals surface area contributed by atoms with E-state index in [-0.39, 0.29) is 11.5 Å². The number of hydrogen-bond donors (Lipinski definition) is 2. The van der Waals surface area contributed by atoms with Gasteiger partial charge in [-0.15, -0.1) is 0 Å². The van der Waals surface area contributed by atoms with Gasteiger partial charge in [-0.05, 0) is 50.5 Å². The lowest BCUT2D eigenvalue weighted by Gasteiger charge is -2.39. The molecule has 3 heteroatoms. The van der Waals surface area contributed by atoms with E-state index in [2.05, 4.69) is 18.7 Å². The van der Waals surface area contributed by atoms with Crippen molar-refractivity contribution in [1.29, 1.82) is 0 Å². The zero-order valence-electron chi connectivity index (χ0n) is 11.4. The van der Waals surface area contributed by atoms with Crippen molar-refractivity contribution in [3.05, 3.63) is 0 Å². The predicted octanol–water partition coefficient (Wildman–Crippen LogP) is 1.63. The molecule has 0 aromatic heterocycles. The van der Waals surface area contributed by atoms with E-state index < -0.39 is 5.60 Å². The van der Waals surface area contributed by atoms with E-state index in [1.807, 2.05) is 6.92 Å². The number of likely N-dealkylation sites (tertiary alicyclic amines) is 1. The molecule has 2 rings (SSSR count). The van der Waals surface area contributed by atoms with Gasteiger partial charge in [0.05, 0.1) is 11.7 Å². The first kappa shape index (κ1) is 13.3. The fraction of sp³-hybridized carbons (Fsp3) is 1.00. The first-order valence-electron chi connectivity index (χ1n) is 6.93. The van der Waals surface area contributed by atoms with Crippen molar-refractivity contribution in [2.45, 2.75) is 58.2 Å². The van der Waals surface area contributed by atoms with Gasteiger partial charge in [-0.1, -0.05) is 13.8 Å². The summed E-state index contributed by atoms with van der Waals surface area (Å²) in [6.45, 7) is 9.01. The van der Waals surface area contributed by atoms with Gasteiger partial charge in [-0.25, -0.2) is 0 Å². The number of piperidine rings is 1. The van der Waals surface area contributed by atoms with Crippen molar-refractivity contribution in [1.82, 2.24) is 4.90 Å². The van der Waals surface area contributed by atoms with Crippen LogP contribution in [0.2, 0.25) is 0 Å². The fourth-order valence-electron chi connectivity index (χ4n) is 3.50. The molecular formula is C14H27NO2. The number of rotatable bonds is 2. The maximum Gasteiger partial charge on any atom is 0.0746 e. The smallest absolute Gasteiger partial charge is 0.0746 e. The third-order valence-electron chi connectivity index (χ3n) is 4.65. The molecule has 1 heterocycles. The third kappa shape index (κ3) is 3.01. The number of nitrogens with zero attached hydrogens (tertiary/aromatic N) is 1. The molecule has 2 fully saturated rings. The minimum absolute atomic E-state index is 0.0724. The second-order valence-electron chi connectivity index (χ2n) is 7.07. The summed E-state index contributed by atoms with van der Waals surface area (Å²) in [6.07, 6.45) is 4.02. The van der Waals surface area contributed by atoms with Crippen LogP contribution < -0.4 is 0 Å². The molecule has 1 aliphatic carbocycles. The monoisotopic (exact) mass is 241 g/mol. The van der Waals surface area contributed by atoms with E-state index in [1.54, 1.807) is 0 Å². The van der Waals surface area contributed by atoms with Crippen LogP contribution in [-0.4, -0.2) is 46.5 Å². The summed E-state index contributed by atoms with van der Waals surface area (Å²) in [5.41, 5.74) is -0.458. The lowest BCUT2D eigenvalue weighted by atomic mass is 9.87. The molecule has 0 aromatic rings. The average molecular weight is 241 g/mol. The molecule has 1 saturated carbocycles. The molecule has 0 radical (unpaired) electrons. The van der Waals surface area contributed by atoms with Crippen LogP contribution in [0.3, 0.4) is 0 Å². The highest BCUT2D eigenvalue weighted by atomic mass is 16.3. The lowest BCUT2D eigenvalue weighted by molar-refractivity contribution is -0.0314. The van der Waals surface area contributed by atoms with Crippen LogP contribution >= 0.6 is 0 Å². The molecule has 1 saturated heterocycles. The molecule has 0 bridgehead atoms. The molecule has 3 atom stereocenters. The highest BCUT2D eigenvalue weighted by Gasteiger charge is 2.42. The van der Waals surface area contributed by atoms with Crippen LogP contribution in [0.4, 0.5) is 0 Å². The molecule has 3 nitrogen and oxygen atoms in total. The number of hydrogen-bond acceptors (Lipinski definition) is 3. The molecule has 17 heavy (non-hydrogen) atoms. The van der Waals surface area contributed by atoms with Gasteiger partial charge in [0, 0.05) is 13.1 Å². The summed E-state index contributed by atoms with van der Waals surface area (Å²) in [7, 11) is 0. The Kier molecular flexibility index (Phi) is 3.54. The van der Waals surface area contributed by atoms with Crippen LogP contribution in [-0.2, 0) is 0 Å². The summed E-state index contributed by atoms with van der Waals surface area (Å²) < 4.78 is 0. The van der Waals surface area contributed by atoms with Crippen molar-refractivity contribution in [3.8, 4) is 0 Å². The first-order chi connectivity index (χ1) is 7.80. The second-order valence-corrected chi connectivity index (χ2v) is 7.07. The molecule has 1 aliphatic heterocycles. The van der Waals surface area contributed by atoms with E-state index in [0.717, 1.165) is 45.3 Å². The molecular weight excluding hydrogens is 214 g/mol. The first-order valence-corrected chi connectivity index (χ1v) is 6.93. The summed E-state index contributed by atoms with van der Waals surface area (Å²) in [4.78, 5) is 2.33. The minimum Gasteiger partial charge on any atom is -0.392 e. The van der Waals surface area contributed by atoms with Crippen LogP contribution in [0.25, 0.3) is 0 Å². The van der Waals surface area contributed by atoms with E-state index >= 15 is 0 Å². The Hall–Kier alpha value is -0.120. The van der Waals surface area contributed by atoms with Crippen molar-refractivity contribution in [3.63, 3.8) is 0 Å². The Bertz CT molecular complexity index is 275. The third-order valence-corrected chi connectivity index (χ3v) is 4.65. The van der Waals surface area contributed by atoms with Gasteiger partial charge in [0.2, 0.25) is 0 Å². The van der Waals surface area contributed by atoms with Crippen molar-refractivity contribution in [2.24, 2.45) is 11.3 Å². The lowest BCUT2D eigenvalue weighted by Crippen LogP contribution is -2.48. The molecule has 3 unspecified atom stereocenters. The highest BCUT2D eigenvalue weighted by molar-refractivity contribution is 4.93. The Morgan fingerprint density at radius 3 is 2.47 bits per heavy atom. The maximum atomic E-state index is 10.3. The van der Waals surface area contributed by atoms with E-state index in [4.69, 9.17) is 0 Å². The van der Waals surface area contributed by atoms with Crippen LogP contribution in [0.15, 0.2) is 0 Å². The Balaban J connectivity index is 1.90. The number of β-amino-alcohol motifs (C(OH)–C–C–N with tert-alkyl or cyclic N) is 1. The van der Waals surface area contributed by atoms with Gasteiger partial charge >= 0.3 is 0 Å². The normalized spacial score (nSPS) is 42.9. The topological polar surface area (TPSA) is 43.7 Å². The maximum absolute atomic E-state index is 10.3. The quantitative estimate of drug-likeness (QED) is 0.772. The van der Waals surface area contributed by atoms with Gasteiger partial charge in [-0.3, -0.25) is 0 Å². The molecule has 100 valence electrons. The van der Waals surface area contributed by atoms with Crippen molar-refractivity contribution < 1.29 is 10.2 Å². The van der Waals surface area contributed by atoms with Gasteiger partial charge < -0.3 is 15.1 Å². The van der Waals surface area contributed by atoms with Crippen molar-refractivity contribution in [2.75, 3.05) is 19.6 Å². The van der Waals surface area contributed by atoms with Crippen LogP contribution in [0, 0.1) is 11.3 Å². The molecule has 2 N–H and O–H groups in total. The second kappa shape index (κ2) is 4.52. The summed E-state index contributed by atoms with van der Waals surface area (Å²) in [5, 5.41) is 20.4. The van der Waals surface area contributed by atoms with E-state index in [1.165, 1.54) is 0 Å². The zero-order valence-corrected chi connectivity index (χ0v) is 11.4. The Labute approximate surface area is 105 Å². The Morgan fingerprint density at radius 1 is 1.24 bits per heavy atom. The van der Waals surface area contributed by atoms with E-state index in [0.29, 0.717) is 5.92 Å². The summed E-state index contributed by atoms with van der Waals surface area (Å²) in [6, 6.07) is 0. The highest BCUT2D eigenvalue weighted by Crippen LogP contribution is 2.41. The van der Waals surface area contributed by atoms with Gasteiger partial charge in [-0.2, -0.15) is 0 Å². The van der Waals surface area contributed by atoms with Gasteiger partial charge in [0.25, 0.3) is 0 Å². The zero-order chi connectivity index (χ0) is 12.7. The number of aliphatic hydroxyl groups is 2. The molecule has 0 aromatic carbocycles. The standard InChI is InChI=1S/C14H27NO2/c1-13(2)7-5-11(12(13)16)9-15-8-4-6-14(3,17)10-15/h11-12,16-17H,4-10H2,1-3H3. The molecule has 0 amide bonds. The predicted molar refractivity (Wildman–Crippen MR) is 68.8 cm³/mol. The SMILES string of the molecule is CC1(O)CCCN(CC2CCC(C)(C)C2O)C1. The molecule has 0 spiro atoms. The number of aliphatic hydroxyl groups excluding tert-OH is 1. The van der Waals surface area contributed by atoms with E-state index in [9.17, 15) is 10.2 Å². The van der Waals surface area contributed by atoms with Gasteiger partial charge in [0.15, 0.2) is 0 Å². The fourth-order valence-corrected chi connectivity index (χ4v) is 3.50.